The van der Waals surface area contributed by atoms with Crippen LogP contribution in [-0.2, 0) is 6.54 Å². The van der Waals surface area contributed by atoms with Crippen LogP contribution in [-0.4, -0.2) is 9.55 Å². The van der Waals surface area contributed by atoms with Crippen molar-refractivity contribution in [1.29, 1.82) is 0 Å². The van der Waals surface area contributed by atoms with Gasteiger partial charge < -0.3 is 9.30 Å². The Morgan fingerprint density at radius 2 is 1.91 bits per heavy atom. The van der Waals surface area contributed by atoms with Crippen LogP contribution in [0.4, 0.5) is 0 Å². The third kappa shape index (κ3) is 2.71. The zero-order valence-electron chi connectivity index (χ0n) is 13.4. The molecular formula is C19H22N2O. The second-order valence-corrected chi connectivity index (χ2v) is 5.53. The average molecular weight is 294 g/mol. The summed E-state index contributed by atoms with van der Waals surface area (Å²) in [5.74, 6) is 1.91. The molecule has 0 radical (unpaired) electrons. The number of benzene rings is 2. The molecule has 2 aromatic carbocycles. The minimum absolute atomic E-state index is 0.0332. The molecule has 0 aliphatic heterocycles. The molecule has 0 aliphatic rings. The van der Waals surface area contributed by atoms with Gasteiger partial charge >= 0.3 is 0 Å². The molecule has 0 saturated carbocycles. The number of fused-ring (bicyclic) bond motifs is 1. The quantitative estimate of drug-likeness (QED) is 0.669. The van der Waals surface area contributed by atoms with E-state index in [0.717, 1.165) is 30.1 Å². The largest absolute Gasteiger partial charge is 0.483 e. The maximum absolute atomic E-state index is 6.22. The molecule has 1 aromatic heterocycles. The minimum Gasteiger partial charge on any atom is -0.483 e. The van der Waals surface area contributed by atoms with Gasteiger partial charge in [-0.15, -0.1) is 0 Å². The average Bonchev–Trinajstić information content (AvgIpc) is 2.91. The van der Waals surface area contributed by atoms with Crippen LogP contribution in [0.15, 0.2) is 48.5 Å². The lowest BCUT2D eigenvalue weighted by Gasteiger charge is -2.18. The van der Waals surface area contributed by atoms with Crippen molar-refractivity contribution < 1.29 is 4.74 Å². The van der Waals surface area contributed by atoms with Gasteiger partial charge in [0.1, 0.15) is 5.75 Å². The van der Waals surface area contributed by atoms with Crippen molar-refractivity contribution in [1.82, 2.24) is 9.55 Å². The molecule has 0 N–H and O–H groups in total. The second kappa shape index (κ2) is 6.22. The van der Waals surface area contributed by atoms with Crippen molar-refractivity contribution in [2.45, 2.75) is 39.8 Å². The van der Waals surface area contributed by atoms with Crippen LogP contribution in [0.1, 0.15) is 37.8 Å². The number of nitrogens with zero attached hydrogens (tertiary/aromatic N) is 2. The smallest absolute Gasteiger partial charge is 0.156 e. The van der Waals surface area contributed by atoms with Gasteiger partial charge in [0.25, 0.3) is 0 Å². The first-order valence-electron chi connectivity index (χ1n) is 7.91. The van der Waals surface area contributed by atoms with Crippen LogP contribution < -0.4 is 4.74 Å². The maximum atomic E-state index is 6.22. The molecule has 0 saturated heterocycles. The Kier molecular flexibility index (Phi) is 4.14. The number of aryl methyl sites for hydroxylation is 2. The van der Waals surface area contributed by atoms with Crippen molar-refractivity contribution >= 4 is 11.0 Å². The number of ether oxygens (including phenoxy) is 1. The fourth-order valence-corrected chi connectivity index (χ4v) is 2.84. The first kappa shape index (κ1) is 14.6. The molecule has 0 aliphatic carbocycles. The number of aromatic nitrogens is 2. The highest BCUT2D eigenvalue weighted by atomic mass is 16.5. The fourth-order valence-electron chi connectivity index (χ4n) is 2.84. The third-order valence-electron chi connectivity index (χ3n) is 3.93. The molecule has 3 heteroatoms. The summed E-state index contributed by atoms with van der Waals surface area (Å²) >= 11 is 0. The SMILES string of the molecule is CCC(Oc1cccc(C)c1)c1nc2ccccc2n1CC. The lowest BCUT2D eigenvalue weighted by atomic mass is 10.2. The van der Waals surface area contributed by atoms with E-state index in [4.69, 9.17) is 9.72 Å². The summed E-state index contributed by atoms with van der Waals surface area (Å²) < 4.78 is 8.47. The molecule has 0 spiro atoms. The number of hydrogen-bond acceptors (Lipinski definition) is 2. The van der Waals surface area contributed by atoms with Crippen molar-refractivity contribution in [3.8, 4) is 5.75 Å². The topological polar surface area (TPSA) is 27.1 Å². The van der Waals surface area contributed by atoms with Crippen LogP contribution in [0.5, 0.6) is 5.75 Å². The van der Waals surface area contributed by atoms with Gasteiger partial charge in [-0.25, -0.2) is 4.98 Å². The molecule has 1 heterocycles. The van der Waals surface area contributed by atoms with Crippen LogP contribution in [0.2, 0.25) is 0 Å². The van der Waals surface area contributed by atoms with E-state index >= 15 is 0 Å². The van der Waals surface area contributed by atoms with Gasteiger partial charge in [0.05, 0.1) is 11.0 Å². The normalized spacial score (nSPS) is 12.5. The Labute approximate surface area is 131 Å². The molecule has 1 unspecified atom stereocenters. The monoisotopic (exact) mass is 294 g/mol. The van der Waals surface area contributed by atoms with E-state index in [1.165, 1.54) is 11.1 Å². The van der Waals surface area contributed by atoms with Crippen molar-refractivity contribution in [3.63, 3.8) is 0 Å². The second-order valence-electron chi connectivity index (χ2n) is 5.53. The summed E-state index contributed by atoms with van der Waals surface area (Å²) in [6.07, 6.45) is 0.853. The molecule has 3 rings (SSSR count). The number of para-hydroxylation sites is 2. The molecule has 114 valence electrons. The Morgan fingerprint density at radius 3 is 2.64 bits per heavy atom. The van der Waals surface area contributed by atoms with E-state index < -0.39 is 0 Å². The van der Waals surface area contributed by atoms with Crippen molar-refractivity contribution in [3.05, 3.63) is 59.9 Å². The summed E-state index contributed by atoms with van der Waals surface area (Å²) in [5.41, 5.74) is 3.41. The summed E-state index contributed by atoms with van der Waals surface area (Å²) in [6.45, 7) is 7.26. The molecule has 22 heavy (non-hydrogen) atoms. The number of rotatable bonds is 5. The van der Waals surface area contributed by atoms with Gasteiger partial charge in [0, 0.05) is 6.54 Å². The van der Waals surface area contributed by atoms with Gasteiger partial charge in [-0.2, -0.15) is 0 Å². The Balaban J connectivity index is 2.00. The van der Waals surface area contributed by atoms with E-state index in [9.17, 15) is 0 Å². The molecule has 0 amide bonds. The highest BCUT2D eigenvalue weighted by molar-refractivity contribution is 5.76. The van der Waals surface area contributed by atoms with Crippen molar-refractivity contribution in [2.24, 2.45) is 0 Å². The standard InChI is InChI=1S/C19H22N2O/c1-4-18(22-15-10-8-9-14(3)13-15)19-20-16-11-6-7-12-17(16)21(19)5-2/h6-13,18H,4-5H2,1-3H3. The Hall–Kier alpha value is -2.29. The van der Waals surface area contributed by atoms with Gasteiger partial charge in [-0.05, 0) is 50.1 Å². The Bertz CT molecular complexity index is 776. The van der Waals surface area contributed by atoms with E-state index in [0.29, 0.717) is 0 Å². The molecule has 3 nitrogen and oxygen atoms in total. The summed E-state index contributed by atoms with van der Waals surface area (Å²) in [4.78, 5) is 4.81. The molecule has 1 atom stereocenters. The van der Waals surface area contributed by atoms with E-state index in [1.807, 2.05) is 18.2 Å². The molecule has 0 fully saturated rings. The lowest BCUT2D eigenvalue weighted by molar-refractivity contribution is 0.187. The Morgan fingerprint density at radius 1 is 1.09 bits per heavy atom. The van der Waals surface area contributed by atoms with Gasteiger partial charge in [0.15, 0.2) is 11.9 Å². The predicted octanol–water partition coefficient (Wildman–Crippen LogP) is 4.89. The van der Waals surface area contributed by atoms with Crippen LogP contribution in [0.25, 0.3) is 11.0 Å². The summed E-state index contributed by atoms with van der Waals surface area (Å²) in [6, 6.07) is 16.5. The van der Waals surface area contributed by atoms with Crippen LogP contribution >= 0.6 is 0 Å². The van der Waals surface area contributed by atoms with Gasteiger partial charge in [-0.1, -0.05) is 31.2 Å². The molecular weight excluding hydrogens is 272 g/mol. The number of hydrogen-bond donors (Lipinski definition) is 0. The first-order chi connectivity index (χ1) is 10.7. The van der Waals surface area contributed by atoms with E-state index in [1.54, 1.807) is 0 Å². The zero-order chi connectivity index (χ0) is 15.5. The molecule has 0 bridgehead atoms. The van der Waals surface area contributed by atoms with Crippen molar-refractivity contribution in [2.75, 3.05) is 0 Å². The van der Waals surface area contributed by atoms with Gasteiger partial charge in [0.2, 0.25) is 0 Å². The summed E-state index contributed by atoms with van der Waals surface area (Å²) in [5, 5.41) is 0. The molecule has 3 aromatic rings. The van der Waals surface area contributed by atoms with E-state index in [2.05, 4.69) is 55.7 Å². The fraction of sp³-hybridized carbons (Fsp3) is 0.316. The zero-order valence-corrected chi connectivity index (χ0v) is 13.4. The third-order valence-corrected chi connectivity index (χ3v) is 3.93. The lowest BCUT2D eigenvalue weighted by Crippen LogP contribution is -2.13. The maximum Gasteiger partial charge on any atom is 0.156 e. The van der Waals surface area contributed by atoms with Gasteiger partial charge in [-0.3, -0.25) is 0 Å². The minimum atomic E-state index is -0.0332. The highest BCUT2D eigenvalue weighted by Gasteiger charge is 2.19. The first-order valence-corrected chi connectivity index (χ1v) is 7.91. The summed E-state index contributed by atoms with van der Waals surface area (Å²) in [7, 11) is 0. The number of imidazole rings is 1. The predicted molar refractivity (Wildman–Crippen MR) is 90.2 cm³/mol. The van der Waals surface area contributed by atoms with E-state index in [-0.39, 0.29) is 6.10 Å². The van der Waals surface area contributed by atoms with Crippen LogP contribution in [0, 0.1) is 6.92 Å². The highest BCUT2D eigenvalue weighted by Crippen LogP contribution is 2.27. The van der Waals surface area contributed by atoms with Crippen LogP contribution in [0.3, 0.4) is 0 Å².